The summed E-state index contributed by atoms with van der Waals surface area (Å²) in [6.07, 6.45) is 7.10. The van der Waals surface area contributed by atoms with E-state index in [4.69, 9.17) is 5.73 Å². The standard InChI is InChI=1S/C19H26N6/c1-4-14-12-17(23-19(20)22-14)16-13-25(11-6-5-10-24(2)3)18-15(16)8-7-9-21-18/h7-9,12-13H,4-6,10-11H2,1-3H3,(H2,20,22,23). The fourth-order valence-electron chi connectivity index (χ4n) is 3.04. The number of hydrogen-bond acceptors (Lipinski definition) is 5. The molecule has 0 saturated heterocycles. The molecule has 0 fully saturated rings. The second-order valence-corrected chi connectivity index (χ2v) is 6.58. The van der Waals surface area contributed by atoms with Gasteiger partial charge >= 0.3 is 0 Å². The third-order valence-corrected chi connectivity index (χ3v) is 4.32. The van der Waals surface area contributed by atoms with Crippen molar-refractivity contribution < 1.29 is 0 Å². The fraction of sp³-hybridized carbons (Fsp3) is 0.421. The Morgan fingerprint density at radius 3 is 2.80 bits per heavy atom. The first-order chi connectivity index (χ1) is 12.1. The van der Waals surface area contributed by atoms with Crippen LogP contribution < -0.4 is 5.73 Å². The van der Waals surface area contributed by atoms with Gasteiger partial charge in [-0.05, 0) is 58.1 Å². The van der Waals surface area contributed by atoms with Crippen LogP contribution in [0.2, 0.25) is 0 Å². The molecule has 3 aromatic rings. The quantitative estimate of drug-likeness (QED) is 0.671. The highest BCUT2D eigenvalue weighted by Gasteiger charge is 2.13. The molecule has 0 amide bonds. The summed E-state index contributed by atoms with van der Waals surface area (Å²) >= 11 is 0. The van der Waals surface area contributed by atoms with Crippen LogP contribution in [0, 0.1) is 0 Å². The molecule has 6 nitrogen and oxygen atoms in total. The molecule has 2 N–H and O–H groups in total. The molecular formula is C19H26N6. The Bertz CT molecular complexity index is 852. The average molecular weight is 338 g/mol. The molecule has 25 heavy (non-hydrogen) atoms. The SMILES string of the molecule is CCc1cc(-c2cn(CCCCN(C)C)c3ncccc23)nc(N)n1. The Morgan fingerprint density at radius 2 is 2.04 bits per heavy atom. The summed E-state index contributed by atoms with van der Waals surface area (Å²) in [5, 5.41) is 1.11. The summed E-state index contributed by atoms with van der Waals surface area (Å²) in [7, 11) is 4.21. The predicted molar refractivity (Wildman–Crippen MR) is 102 cm³/mol. The van der Waals surface area contributed by atoms with Crippen molar-refractivity contribution in [2.75, 3.05) is 26.4 Å². The molecule has 0 atom stereocenters. The summed E-state index contributed by atoms with van der Waals surface area (Å²) in [5.74, 6) is 0.324. The van der Waals surface area contributed by atoms with Crippen molar-refractivity contribution in [2.45, 2.75) is 32.7 Å². The first kappa shape index (κ1) is 17.4. The Kier molecular flexibility index (Phi) is 5.28. The number of pyridine rings is 1. The number of aryl methyl sites for hydroxylation is 2. The van der Waals surface area contributed by atoms with Crippen molar-refractivity contribution in [3.63, 3.8) is 0 Å². The van der Waals surface area contributed by atoms with Crippen molar-refractivity contribution >= 4 is 17.0 Å². The van der Waals surface area contributed by atoms with Crippen LogP contribution in [0.1, 0.15) is 25.5 Å². The number of aromatic nitrogens is 4. The molecule has 0 bridgehead atoms. The van der Waals surface area contributed by atoms with Crippen molar-refractivity contribution in [3.05, 3.63) is 36.3 Å². The molecule has 0 aliphatic rings. The first-order valence-electron chi connectivity index (χ1n) is 8.81. The molecule has 0 unspecified atom stereocenters. The molecule has 0 spiro atoms. The van der Waals surface area contributed by atoms with Crippen LogP contribution in [0.4, 0.5) is 5.95 Å². The second kappa shape index (κ2) is 7.61. The van der Waals surface area contributed by atoms with E-state index in [1.807, 2.05) is 18.3 Å². The highest BCUT2D eigenvalue weighted by atomic mass is 15.1. The number of nitrogens with zero attached hydrogens (tertiary/aromatic N) is 5. The van der Waals surface area contributed by atoms with E-state index in [1.54, 1.807) is 0 Å². The third kappa shape index (κ3) is 3.96. The van der Waals surface area contributed by atoms with Gasteiger partial charge in [-0.3, -0.25) is 0 Å². The van der Waals surface area contributed by atoms with Gasteiger partial charge in [-0.1, -0.05) is 6.92 Å². The minimum atomic E-state index is 0.324. The summed E-state index contributed by atoms with van der Waals surface area (Å²) < 4.78 is 2.23. The largest absolute Gasteiger partial charge is 0.368 e. The van der Waals surface area contributed by atoms with Gasteiger partial charge in [-0.25, -0.2) is 15.0 Å². The van der Waals surface area contributed by atoms with Crippen molar-refractivity contribution in [3.8, 4) is 11.3 Å². The summed E-state index contributed by atoms with van der Waals surface area (Å²) in [6.45, 7) is 4.12. The van der Waals surface area contributed by atoms with Crippen LogP contribution in [0.25, 0.3) is 22.3 Å². The van der Waals surface area contributed by atoms with E-state index in [1.165, 1.54) is 0 Å². The van der Waals surface area contributed by atoms with E-state index in [0.29, 0.717) is 5.95 Å². The fourth-order valence-corrected chi connectivity index (χ4v) is 3.04. The van der Waals surface area contributed by atoms with Crippen LogP contribution in [-0.2, 0) is 13.0 Å². The Morgan fingerprint density at radius 1 is 1.20 bits per heavy atom. The maximum absolute atomic E-state index is 5.90. The predicted octanol–water partition coefficient (Wildman–Crippen LogP) is 2.98. The lowest BCUT2D eigenvalue weighted by atomic mass is 10.1. The van der Waals surface area contributed by atoms with E-state index in [-0.39, 0.29) is 0 Å². The van der Waals surface area contributed by atoms with Gasteiger partial charge in [0.25, 0.3) is 0 Å². The van der Waals surface area contributed by atoms with Crippen LogP contribution in [0.5, 0.6) is 0 Å². The number of fused-ring (bicyclic) bond motifs is 1. The van der Waals surface area contributed by atoms with E-state index >= 15 is 0 Å². The van der Waals surface area contributed by atoms with Crippen molar-refractivity contribution in [1.82, 2.24) is 24.4 Å². The van der Waals surface area contributed by atoms with Crippen LogP contribution in [0.15, 0.2) is 30.6 Å². The maximum Gasteiger partial charge on any atom is 0.220 e. The molecule has 6 heteroatoms. The first-order valence-corrected chi connectivity index (χ1v) is 8.81. The number of hydrogen-bond donors (Lipinski definition) is 1. The van der Waals surface area contributed by atoms with Gasteiger partial charge in [-0.2, -0.15) is 0 Å². The van der Waals surface area contributed by atoms with E-state index in [2.05, 4.69) is 57.7 Å². The molecule has 3 aromatic heterocycles. The average Bonchev–Trinajstić information content (AvgIpc) is 2.97. The maximum atomic E-state index is 5.90. The normalized spacial score (nSPS) is 11.5. The number of unbranched alkanes of at least 4 members (excludes halogenated alkanes) is 1. The lowest BCUT2D eigenvalue weighted by molar-refractivity contribution is 0.388. The Labute approximate surface area is 148 Å². The van der Waals surface area contributed by atoms with Gasteiger partial charge in [0, 0.05) is 35.6 Å². The molecular weight excluding hydrogens is 312 g/mol. The number of nitrogen functional groups attached to an aromatic ring is 1. The summed E-state index contributed by atoms with van der Waals surface area (Å²) in [6, 6.07) is 6.08. The molecule has 3 heterocycles. The topological polar surface area (TPSA) is 72.9 Å². The monoisotopic (exact) mass is 338 g/mol. The van der Waals surface area contributed by atoms with Crippen molar-refractivity contribution in [1.29, 1.82) is 0 Å². The van der Waals surface area contributed by atoms with Crippen molar-refractivity contribution in [2.24, 2.45) is 0 Å². The van der Waals surface area contributed by atoms with E-state index in [0.717, 1.165) is 60.3 Å². The third-order valence-electron chi connectivity index (χ3n) is 4.32. The smallest absolute Gasteiger partial charge is 0.220 e. The molecule has 0 aliphatic heterocycles. The number of nitrogens with two attached hydrogens (primary N) is 1. The van der Waals surface area contributed by atoms with Crippen LogP contribution >= 0.6 is 0 Å². The molecule has 3 rings (SSSR count). The zero-order valence-electron chi connectivity index (χ0n) is 15.2. The van der Waals surface area contributed by atoms with Gasteiger partial charge in [0.2, 0.25) is 5.95 Å². The lowest BCUT2D eigenvalue weighted by Crippen LogP contribution is -2.13. The molecule has 0 radical (unpaired) electrons. The highest BCUT2D eigenvalue weighted by molar-refractivity contribution is 5.93. The summed E-state index contributed by atoms with van der Waals surface area (Å²) in [5.41, 5.74) is 9.79. The minimum Gasteiger partial charge on any atom is -0.368 e. The highest BCUT2D eigenvalue weighted by Crippen LogP contribution is 2.29. The molecule has 0 saturated carbocycles. The molecule has 132 valence electrons. The summed E-state index contributed by atoms with van der Waals surface area (Å²) in [4.78, 5) is 15.5. The van der Waals surface area contributed by atoms with Gasteiger partial charge in [-0.15, -0.1) is 0 Å². The Hall–Kier alpha value is -2.47. The van der Waals surface area contributed by atoms with E-state index < -0.39 is 0 Å². The zero-order chi connectivity index (χ0) is 17.8. The molecule has 0 aliphatic carbocycles. The van der Waals surface area contributed by atoms with Gasteiger partial charge < -0.3 is 15.2 Å². The van der Waals surface area contributed by atoms with Gasteiger partial charge in [0.05, 0.1) is 5.69 Å². The van der Waals surface area contributed by atoms with Gasteiger partial charge in [0.15, 0.2) is 0 Å². The molecule has 0 aromatic carbocycles. The van der Waals surface area contributed by atoms with Crippen LogP contribution in [-0.4, -0.2) is 45.1 Å². The van der Waals surface area contributed by atoms with Crippen LogP contribution in [0.3, 0.4) is 0 Å². The van der Waals surface area contributed by atoms with Gasteiger partial charge in [0.1, 0.15) is 5.65 Å². The minimum absolute atomic E-state index is 0.324. The van der Waals surface area contributed by atoms with E-state index in [9.17, 15) is 0 Å². The number of rotatable bonds is 7. The zero-order valence-corrected chi connectivity index (χ0v) is 15.2. The number of anilines is 1. The lowest BCUT2D eigenvalue weighted by Gasteiger charge is -2.09. The Balaban J connectivity index is 1.95. The second-order valence-electron chi connectivity index (χ2n) is 6.58.